The number of carbonyl (C=O) groups excluding carboxylic acids is 1. The van der Waals surface area contributed by atoms with E-state index < -0.39 is 5.82 Å². The van der Waals surface area contributed by atoms with Crippen molar-refractivity contribution in [2.24, 2.45) is 0 Å². The summed E-state index contributed by atoms with van der Waals surface area (Å²) < 4.78 is 20.6. The van der Waals surface area contributed by atoms with E-state index in [1.54, 1.807) is 4.57 Å². The van der Waals surface area contributed by atoms with Crippen LogP contribution in [0, 0.1) is 5.82 Å². The van der Waals surface area contributed by atoms with Crippen LogP contribution in [0.4, 0.5) is 10.2 Å². The van der Waals surface area contributed by atoms with E-state index in [2.05, 4.69) is 15.3 Å². The van der Waals surface area contributed by atoms with Crippen LogP contribution < -0.4 is 11.1 Å². The molecule has 0 unspecified atom stereocenters. The zero-order valence-corrected chi connectivity index (χ0v) is 17.6. The summed E-state index contributed by atoms with van der Waals surface area (Å²) in [5.74, 6) is -0.768. The second kappa shape index (κ2) is 8.87. The molecule has 31 heavy (non-hydrogen) atoms. The summed E-state index contributed by atoms with van der Waals surface area (Å²) >= 11 is 5.99. The fraction of sp³-hybridized carbons (Fsp3) is 0.227. The van der Waals surface area contributed by atoms with Crippen molar-refractivity contribution >= 4 is 45.5 Å². The number of fused-ring (bicyclic) bond motifs is 2. The Hall–Kier alpha value is -3.23. The number of halogens is 2. The van der Waals surface area contributed by atoms with Gasteiger partial charge in [-0.3, -0.25) is 9.36 Å². The van der Waals surface area contributed by atoms with Gasteiger partial charge in [0.1, 0.15) is 22.7 Å². The van der Waals surface area contributed by atoms with Gasteiger partial charge in [0.15, 0.2) is 5.65 Å². The first-order chi connectivity index (χ1) is 15.0. The molecule has 0 saturated carbocycles. The largest absolute Gasteiger partial charge is 0.384 e. The van der Waals surface area contributed by atoms with Gasteiger partial charge in [-0.1, -0.05) is 23.7 Å². The Bertz CT molecular complexity index is 1270. The van der Waals surface area contributed by atoms with Gasteiger partial charge in [-0.05, 0) is 43.7 Å². The van der Waals surface area contributed by atoms with Gasteiger partial charge in [-0.2, -0.15) is 0 Å². The zero-order chi connectivity index (χ0) is 22.0. The molecule has 0 atom stereocenters. The number of rotatable bonds is 7. The van der Waals surface area contributed by atoms with Crippen LogP contribution in [-0.2, 0) is 4.74 Å². The Morgan fingerprint density at radius 1 is 1.23 bits per heavy atom. The number of nitrogen functional groups attached to an aromatic ring is 1. The van der Waals surface area contributed by atoms with Crippen LogP contribution in [0.2, 0.25) is 5.02 Å². The molecule has 9 heteroatoms. The molecule has 0 radical (unpaired) electrons. The Labute approximate surface area is 183 Å². The van der Waals surface area contributed by atoms with Crippen LogP contribution in [-0.4, -0.2) is 40.2 Å². The minimum Gasteiger partial charge on any atom is -0.384 e. The highest BCUT2D eigenvalue weighted by Crippen LogP contribution is 2.32. The van der Waals surface area contributed by atoms with Crippen LogP contribution in [0.1, 0.15) is 23.7 Å². The Kier molecular flexibility index (Phi) is 6.01. The molecule has 1 amide bonds. The third-order valence-corrected chi connectivity index (χ3v) is 5.13. The molecule has 7 nitrogen and oxygen atoms in total. The van der Waals surface area contributed by atoms with Crippen molar-refractivity contribution in [3.63, 3.8) is 0 Å². The van der Waals surface area contributed by atoms with Crippen LogP contribution >= 0.6 is 11.6 Å². The second-order valence-electron chi connectivity index (χ2n) is 6.88. The lowest BCUT2D eigenvalue weighted by atomic mass is 10.2. The summed E-state index contributed by atoms with van der Waals surface area (Å²) in [6.45, 7) is 3.51. The number of nitrogens with two attached hydrogens (primary N) is 1. The van der Waals surface area contributed by atoms with E-state index in [9.17, 15) is 9.18 Å². The smallest absolute Gasteiger partial charge is 0.257 e. The maximum atomic E-state index is 13.7. The molecule has 2 heterocycles. The van der Waals surface area contributed by atoms with E-state index >= 15 is 0 Å². The number of nitrogens with one attached hydrogen (secondary N) is 1. The molecular weight excluding hydrogens is 421 g/mol. The Morgan fingerprint density at radius 2 is 1.97 bits per heavy atom. The summed E-state index contributed by atoms with van der Waals surface area (Å²) in [4.78, 5) is 22.3. The summed E-state index contributed by atoms with van der Waals surface area (Å²) in [5, 5.41) is 2.80. The van der Waals surface area contributed by atoms with Crippen LogP contribution in [0.5, 0.6) is 0 Å². The minimum atomic E-state index is -0.552. The average Bonchev–Trinajstić information content (AvgIpc) is 3.04. The molecular formula is C22H21ClFN5O2. The van der Waals surface area contributed by atoms with E-state index in [-0.39, 0.29) is 22.3 Å². The normalized spacial score (nSPS) is 11.3. The number of amides is 1. The van der Waals surface area contributed by atoms with Gasteiger partial charge >= 0.3 is 0 Å². The first-order valence-electron chi connectivity index (χ1n) is 9.89. The highest BCUT2D eigenvalue weighted by molar-refractivity contribution is 6.31. The quantitative estimate of drug-likeness (QED) is 0.421. The van der Waals surface area contributed by atoms with Crippen molar-refractivity contribution in [3.05, 3.63) is 58.9 Å². The summed E-state index contributed by atoms with van der Waals surface area (Å²) in [6, 6.07) is 11.5. The van der Waals surface area contributed by atoms with Crippen molar-refractivity contribution in [2.45, 2.75) is 13.3 Å². The average molecular weight is 442 g/mol. The van der Waals surface area contributed by atoms with E-state index in [1.165, 1.54) is 18.2 Å². The molecule has 0 aliphatic carbocycles. The maximum absolute atomic E-state index is 13.7. The molecule has 160 valence electrons. The number of benzene rings is 2. The lowest BCUT2D eigenvalue weighted by Crippen LogP contribution is -2.26. The Balaban J connectivity index is 1.85. The molecule has 0 aliphatic rings. The molecule has 0 aliphatic heterocycles. The molecule has 2 aromatic heterocycles. The fourth-order valence-corrected chi connectivity index (χ4v) is 3.55. The number of ether oxygens (including phenoxy) is 1. The monoisotopic (exact) mass is 441 g/mol. The number of hydrogen-bond acceptors (Lipinski definition) is 5. The highest BCUT2D eigenvalue weighted by atomic mass is 35.5. The first kappa shape index (κ1) is 21.0. The molecule has 0 saturated heterocycles. The van der Waals surface area contributed by atoms with Gasteiger partial charge in [-0.15, -0.1) is 0 Å². The van der Waals surface area contributed by atoms with Gasteiger partial charge in [-0.25, -0.2) is 14.4 Å². The first-order valence-corrected chi connectivity index (χ1v) is 10.3. The molecule has 4 aromatic rings. The number of anilines is 1. The number of carbonyl (C=O) groups is 1. The van der Waals surface area contributed by atoms with Gasteiger partial charge in [0.2, 0.25) is 0 Å². The SMILES string of the molecule is CCOCCCNC(=O)c1c(N)n(-c2ccc(F)c(Cl)c2)c2nc3ccccc3nc12. The predicted molar refractivity (Wildman–Crippen MR) is 119 cm³/mol. The topological polar surface area (TPSA) is 95.1 Å². The molecule has 0 spiro atoms. The molecule has 2 aromatic carbocycles. The number of nitrogens with zero attached hydrogens (tertiary/aromatic N) is 3. The predicted octanol–water partition coefficient (Wildman–Crippen LogP) is 4.10. The molecule has 0 bridgehead atoms. The van der Waals surface area contributed by atoms with Crippen molar-refractivity contribution in [2.75, 3.05) is 25.5 Å². The van der Waals surface area contributed by atoms with Crippen molar-refractivity contribution < 1.29 is 13.9 Å². The van der Waals surface area contributed by atoms with Gasteiger partial charge in [0.25, 0.3) is 5.91 Å². The summed E-state index contributed by atoms with van der Waals surface area (Å²) in [7, 11) is 0. The second-order valence-corrected chi connectivity index (χ2v) is 7.29. The minimum absolute atomic E-state index is 0.0607. The summed E-state index contributed by atoms with van der Waals surface area (Å²) in [6.07, 6.45) is 0.667. The van der Waals surface area contributed by atoms with E-state index in [0.717, 1.165) is 0 Å². The maximum Gasteiger partial charge on any atom is 0.257 e. The molecule has 4 rings (SSSR count). The van der Waals surface area contributed by atoms with Crippen LogP contribution in [0.15, 0.2) is 42.5 Å². The molecule has 0 fully saturated rings. The third kappa shape index (κ3) is 4.04. The highest BCUT2D eigenvalue weighted by Gasteiger charge is 2.25. The van der Waals surface area contributed by atoms with E-state index in [4.69, 9.17) is 22.1 Å². The van der Waals surface area contributed by atoms with E-state index in [0.29, 0.717) is 54.1 Å². The Morgan fingerprint density at radius 3 is 2.68 bits per heavy atom. The van der Waals surface area contributed by atoms with Crippen molar-refractivity contribution in [1.82, 2.24) is 19.9 Å². The number of para-hydroxylation sites is 2. The van der Waals surface area contributed by atoms with Gasteiger partial charge in [0, 0.05) is 19.8 Å². The van der Waals surface area contributed by atoms with Crippen molar-refractivity contribution in [3.8, 4) is 5.69 Å². The van der Waals surface area contributed by atoms with Gasteiger partial charge in [0.05, 0.1) is 21.7 Å². The third-order valence-electron chi connectivity index (χ3n) is 4.84. The standard InChI is InChI=1S/C22H21ClFN5O2/c1-2-31-11-5-10-26-22(30)18-19-21(28-17-7-4-3-6-16(17)27-19)29(20(18)25)13-8-9-15(24)14(23)12-13/h3-4,6-9,12H,2,5,10-11,25H2,1H3,(H,26,30). The van der Waals surface area contributed by atoms with Gasteiger partial charge < -0.3 is 15.8 Å². The van der Waals surface area contributed by atoms with E-state index in [1.807, 2.05) is 31.2 Å². The van der Waals surface area contributed by atoms with Crippen LogP contribution in [0.3, 0.4) is 0 Å². The lowest BCUT2D eigenvalue weighted by molar-refractivity contribution is 0.0946. The molecule has 3 N–H and O–H groups in total. The van der Waals surface area contributed by atoms with Crippen molar-refractivity contribution in [1.29, 1.82) is 0 Å². The lowest BCUT2D eigenvalue weighted by Gasteiger charge is -2.09. The van der Waals surface area contributed by atoms with Crippen LogP contribution in [0.25, 0.3) is 27.9 Å². The number of hydrogen-bond donors (Lipinski definition) is 2. The summed E-state index contributed by atoms with van der Waals surface area (Å²) in [5.41, 5.74) is 9.13. The fourth-order valence-electron chi connectivity index (χ4n) is 3.38. The zero-order valence-electron chi connectivity index (χ0n) is 16.9. The number of aromatic nitrogens is 3.